The lowest BCUT2D eigenvalue weighted by Crippen LogP contribution is -2.33. The third-order valence-corrected chi connectivity index (χ3v) is 2.58. The summed E-state index contributed by atoms with van der Waals surface area (Å²) < 4.78 is 10.1. The Morgan fingerprint density at radius 3 is 3.14 bits per heavy atom. The Balaban J connectivity index is 2.15. The SMILES string of the molecule is COCc1noc(C2(C)CCCN2)n1. The fourth-order valence-corrected chi connectivity index (χ4v) is 1.74. The standard InChI is InChI=1S/C9H15N3O2/c1-9(4-3-5-10-9)8-11-7(6-13-2)12-14-8/h10H,3-6H2,1-2H3. The van der Waals surface area contributed by atoms with Crippen LogP contribution in [-0.4, -0.2) is 23.8 Å². The molecular formula is C9H15N3O2. The molecule has 0 radical (unpaired) electrons. The van der Waals surface area contributed by atoms with Crippen LogP contribution in [0.1, 0.15) is 31.5 Å². The van der Waals surface area contributed by atoms with Gasteiger partial charge in [0.1, 0.15) is 6.61 Å². The zero-order valence-electron chi connectivity index (χ0n) is 8.54. The number of nitrogens with zero attached hydrogens (tertiary/aromatic N) is 2. The summed E-state index contributed by atoms with van der Waals surface area (Å²) in [4.78, 5) is 4.29. The number of aromatic nitrogens is 2. The molecule has 0 aromatic carbocycles. The van der Waals surface area contributed by atoms with E-state index in [9.17, 15) is 0 Å². The molecular weight excluding hydrogens is 182 g/mol. The first-order chi connectivity index (χ1) is 6.74. The molecule has 1 N–H and O–H groups in total. The van der Waals surface area contributed by atoms with Gasteiger partial charge in [-0.2, -0.15) is 4.98 Å². The Kier molecular flexibility index (Phi) is 2.52. The highest BCUT2D eigenvalue weighted by atomic mass is 16.5. The van der Waals surface area contributed by atoms with Gasteiger partial charge in [-0.3, -0.25) is 0 Å². The Hall–Kier alpha value is -0.940. The van der Waals surface area contributed by atoms with Gasteiger partial charge in [-0.05, 0) is 26.3 Å². The van der Waals surface area contributed by atoms with E-state index in [4.69, 9.17) is 9.26 Å². The summed E-state index contributed by atoms with van der Waals surface area (Å²) in [6.07, 6.45) is 2.19. The van der Waals surface area contributed by atoms with Crippen LogP contribution in [0.25, 0.3) is 0 Å². The molecule has 1 aliphatic rings. The van der Waals surface area contributed by atoms with Gasteiger partial charge in [0.25, 0.3) is 0 Å². The van der Waals surface area contributed by atoms with Crippen LogP contribution < -0.4 is 5.32 Å². The second-order valence-corrected chi connectivity index (χ2v) is 3.81. The van der Waals surface area contributed by atoms with E-state index in [1.165, 1.54) is 0 Å². The first-order valence-electron chi connectivity index (χ1n) is 4.82. The molecule has 0 aliphatic carbocycles. The quantitative estimate of drug-likeness (QED) is 0.777. The third kappa shape index (κ3) is 1.65. The molecule has 0 bridgehead atoms. The van der Waals surface area contributed by atoms with Gasteiger partial charge in [-0.1, -0.05) is 5.16 Å². The van der Waals surface area contributed by atoms with Crippen molar-refractivity contribution in [3.8, 4) is 0 Å². The average Bonchev–Trinajstić information content (AvgIpc) is 2.75. The maximum Gasteiger partial charge on any atom is 0.246 e. The van der Waals surface area contributed by atoms with Gasteiger partial charge >= 0.3 is 0 Å². The zero-order valence-corrected chi connectivity index (χ0v) is 8.54. The minimum absolute atomic E-state index is 0.140. The number of hydrogen-bond acceptors (Lipinski definition) is 5. The number of nitrogens with one attached hydrogen (secondary N) is 1. The average molecular weight is 197 g/mol. The Labute approximate surface area is 82.8 Å². The van der Waals surface area contributed by atoms with Crippen molar-refractivity contribution < 1.29 is 9.26 Å². The largest absolute Gasteiger partial charge is 0.377 e. The van der Waals surface area contributed by atoms with Crippen LogP contribution in [0.5, 0.6) is 0 Å². The van der Waals surface area contributed by atoms with E-state index in [1.807, 2.05) is 0 Å². The topological polar surface area (TPSA) is 60.2 Å². The van der Waals surface area contributed by atoms with Crippen LogP contribution in [0.3, 0.4) is 0 Å². The number of ether oxygens (including phenoxy) is 1. The molecule has 1 unspecified atom stereocenters. The van der Waals surface area contributed by atoms with Crippen molar-refractivity contribution in [1.82, 2.24) is 15.5 Å². The van der Waals surface area contributed by atoms with Crippen LogP contribution in [0.4, 0.5) is 0 Å². The van der Waals surface area contributed by atoms with Gasteiger partial charge in [-0.15, -0.1) is 0 Å². The second kappa shape index (κ2) is 3.67. The van der Waals surface area contributed by atoms with Crippen molar-refractivity contribution in [2.75, 3.05) is 13.7 Å². The first-order valence-corrected chi connectivity index (χ1v) is 4.82. The molecule has 0 amide bonds. The van der Waals surface area contributed by atoms with Crippen molar-refractivity contribution in [2.24, 2.45) is 0 Å². The normalized spacial score (nSPS) is 27.0. The lowest BCUT2D eigenvalue weighted by atomic mass is 10.0. The molecule has 1 saturated heterocycles. The predicted molar refractivity (Wildman–Crippen MR) is 49.6 cm³/mol. The van der Waals surface area contributed by atoms with Crippen molar-refractivity contribution in [3.63, 3.8) is 0 Å². The summed E-state index contributed by atoms with van der Waals surface area (Å²) >= 11 is 0. The second-order valence-electron chi connectivity index (χ2n) is 3.81. The summed E-state index contributed by atoms with van der Waals surface area (Å²) in [5.41, 5.74) is -0.140. The van der Waals surface area contributed by atoms with Crippen LogP contribution in [-0.2, 0) is 16.9 Å². The molecule has 0 spiro atoms. The molecule has 5 nitrogen and oxygen atoms in total. The number of rotatable bonds is 3. The van der Waals surface area contributed by atoms with E-state index in [1.54, 1.807) is 7.11 Å². The fourth-order valence-electron chi connectivity index (χ4n) is 1.74. The highest BCUT2D eigenvalue weighted by Gasteiger charge is 2.35. The monoisotopic (exact) mass is 197 g/mol. The van der Waals surface area contributed by atoms with E-state index >= 15 is 0 Å². The molecule has 14 heavy (non-hydrogen) atoms. The van der Waals surface area contributed by atoms with Gasteiger partial charge in [-0.25, -0.2) is 0 Å². The van der Waals surface area contributed by atoms with Crippen molar-refractivity contribution in [2.45, 2.75) is 31.9 Å². The highest BCUT2D eigenvalue weighted by Crippen LogP contribution is 2.28. The molecule has 5 heteroatoms. The van der Waals surface area contributed by atoms with E-state index in [-0.39, 0.29) is 5.54 Å². The van der Waals surface area contributed by atoms with Crippen LogP contribution >= 0.6 is 0 Å². The third-order valence-electron chi connectivity index (χ3n) is 2.58. The molecule has 1 fully saturated rings. The molecule has 1 aromatic heterocycles. The Bertz CT molecular complexity index is 305. The maximum atomic E-state index is 5.20. The van der Waals surface area contributed by atoms with Gasteiger partial charge in [0.2, 0.25) is 5.89 Å². The van der Waals surface area contributed by atoms with Gasteiger partial charge in [0, 0.05) is 7.11 Å². The smallest absolute Gasteiger partial charge is 0.246 e. The van der Waals surface area contributed by atoms with Crippen molar-refractivity contribution in [3.05, 3.63) is 11.7 Å². The lowest BCUT2D eigenvalue weighted by Gasteiger charge is -2.18. The van der Waals surface area contributed by atoms with Crippen molar-refractivity contribution in [1.29, 1.82) is 0 Å². The van der Waals surface area contributed by atoms with E-state index in [0.717, 1.165) is 19.4 Å². The van der Waals surface area contributed by atoms with Gasteiger partial charge in [0.15, 0.2) is 5.82 Å². The summed E-state index contributed by atoms with van der Waals surface area (Å²) in [5, 5.41) is 7.21. The van der Waals surface area contributed by atoms with E-state index < -0.39 is 0 Å². The Morgan fingerprint density at radius 2 is 2.50 bits per heavy atom. The fraction of sp³-hybridized carbons (Fsp3) is 0.778. The minimum atomic E-state index is -0.140. The van der Waals surface area contributed by atoms with E-state index in [0.29, 0.717) is 18.3 Å². The minimum Gasteiger partial charge on any atom is -0.377 e. The molecule has 1 atom stereocenters. The van der Waals surface area contributed by atoms with Crippen molar-refractivity contribution >= 4 is 0 Å². The summed E-state index contributed by atoms with van der Waals surface area (Å²) in [5.74, 6) is 1.28. The van der Waals surface area contributed by atoms with Gasteiger partial charge < -0.3 is 14.6 Å². The van der Waals surface area contributed by atoms with Gasteiger partial charge in [0.05, 0.1) is 5.54 Å². The summed E-state index contributed by atoms with van der Waals surface area (Å²) in [6, 6.07) is 0. The van der Waals surface area contributed by atoms with Crippen LogP contribution in [0, 0.1) is 0 Å². The summed E-state index contributed by atoms with van der Waals surface area (Å²) in [6.45, 7) is 3.50. The maximum absolute atomic E-state index is 5.20. The Morgan fingerprint density at radius 1 is 1.64 bits per heavy atom. The molecule has 78 valence electrons. The highest BCUT2D eigenvalue weighted by molar-refractivity contribution is 5.03. The predicted octanol–water partition coefficient (Wildman–Crippen LogP) is 0.815. The molecule has 1 aliphatic heterocycles. The zero-order chi connectivity index (χ0) is 10.0. The number of hydrogen-bond donors (Lipinski definition) is 1. The lowest BCUT2D eigenvalue weighted by molar-refractivity contribution is 0.174. The molecule has 1 aromatic rings. The molecule has 2 rings (SSSR count). The van der Waals surface area contributed by atoms with Crippen LogP contribution in [0.15, 0.2) is 4.52 Å². The van der Waals surface area contributed by atoms with E-state index in [2.05, 4.69) is 22.4 Å². The van der Waals surface area contributed by atoms with Crippen LogP contribution in [0.2, 0.25) is 0 Å². The summed E-state index contributed by atoms with van der Waals surface area (Å²) in [7, 11) is 1.62. The first kappa shape index (κ1) is 9.61. The molecule has 2 heterocycles. The molecule has 0 saturated carbocycles. The number of methoxy groups -OCH3 is 1.